The highest BCUT2D eigenvalue weighted by Gasteiger charge is 2.15. The maximum absolute atomic E-state index is 13.2. The molecule has 6 heteroatoms. The molecule has 3 nitrogen and oxygen atoms in total. The zero-order valence-electron chi connectivity index (χ0n) is 9.17. The van der Waals surface area contributed by atoms with Gasteiger partial charge in [-0.3, -0.25) is 4.79 Å². The van der Waals surface area contributed by atoms with Gasteiger partial charge in [0.05, 0.1) is 17.5 Å². The lowest BCUT2D eigenvalue weighted by Crippen LogP contribution is -2.42. The third-order valence-corrected chi connectivity index (χ3v) is 2.56. The largest absolute Gasteiger partial charge is 0.392 e. The molecule has 0 saturated heterocycles. The van der Waals surface area contributed by atoms with Crippen molar-refractivity contribution in [3.8, 4) is 0 Å². The van der Waals surface area contributed by atoms with E-state index >= 15 is 0 Å². The molecule has 1 unspecified atom stereocenters. The molecule has 0 spiro atoms. The second kappa shape index (κ2) is 5.67. The second-order valence-electron chi connectivity index (χ2n) is 3.57. The first-order valence-electron chi connectivity index (χ1n) is 4.93. The molecule has 0 fully saturated rings. The molecule has 17 heavy (non-hydrogen) atoms. The first-order chi connectivity index (χ1) is 7.91. The monoisotopic (exact) mass is 258 g/mol. The fourth-order valence-corrected chi connectivity index (χ4v) is 1.28. The Hall–Kier alpha value is -1.56. The Labute approximate surface area is 103 Å². The molecule has 0 aliphatic carbocycles. The van der Waals surface area contributed by atoms with Gasteiger partial charge in [0.25, 0.3) is 0 Å². The van der Waals surface area contributed by atoms with Gasteiger partial charge in [0.15, 0.2) is 0 Å². The van der Waals surface area contributed by atoms with Crippen LogP contribution in [0.5, 0.6) is 0 Å². The third kappa shape index (κ3) is 3.74. The molecule has 1 amide bonds. The van der Waals surface area contributed by atoms with Crippen LogP contribution >= 0.6 is 12.2 Å². The van der Waals surface area contributed by atoms with Gasteiger partial charge >= 0.3 is 0 Å². The van der Waals surface area contributed by atoms with Crippen molar-refractivity contribution in [2.45, 2.75) is 19.4 Å². The van der Waals surface area contributed by atoms with Gasteiger partial charge in [-0.2, -0.15) is 0 Å². The Balaban J connectivity index is 2.72. The van der Waals surface area contributed by atoms with Gasteiger partial charge in [-0.25, -0.2) is 8.78 Å². The number of carbonyl (C=O) groups is 1. The Kier molecular flexibility index (Phi) is 4.51. The van der Waals surface area contributed by atoms with E-state index in [1.807, 2.05) is 0 Å². The quantitative estimate of drug-likeness (QED) is 0.800. The van der Waals surface area contributed by atoms with Gasteiger partial charge in [-0.15, -0.1) is 0 Å². The lowest BCUT2D eigenvalue weighted by atomic mass is 10.1. The molecule has 1 aromatic carbocycles. The maximum atomic E-state index is 13.2. The van der Waals surface area contributed by atoms with Crippen molar-refractivity contribution in [2.24, 2.45) is 5.73 Å². The van der Waals surface area contributed by atoms with E-state index in [1.165, 1.54) is 6.07 Å². The minimum atomic E-state index is -0.747. The molecule has 0 aromatic heterocycles. The van der Waals surface area contributed by atoms with Gasteiger partial charge in [-0.1, -0.05) is 18.3 Å². The van der Waals surface area contributed by atoms with E-state index in [0.29, 0.717) is 0 Å². The van der Waals surface area contributed by atoms with E-state index in [1.54, 1.807) is 6.92 Å². The van der Waals surface area contributed by atoms with Crippen LogP contribution in [0, 0.1) is 11.6 Å². The number of amides is 1. The van der Waals surface area contributed by atoms with Gasteiger partial charge in [0, 0.05) is 5.56 Å². The fraction of sp³-hybridized carbons (Fsp3) is 0.273. The summed E-state index contributed by atoms with van der Waals surface area (Å²) < 4.78 is 26.5. The number of nitrogens with two attached hydrogens (primary N) is 1. The smallest absolute Gasteiger partial charge is 0.225 e. The molecular weight excluding hydrogens is 246 g/mol. The molecule has 1 rings (SSSR count). The molecule has 0 heterocycles. The summed E-state index contributed by atoms with van der Waals surface area (Å²) in [5.74, 6) is -2.03. The van der Waals surface area contributed by atoms with E-state index in [4.69, 9.17) is 5.73 Å². The molecular formula is C11H12F2N2OS. The van der Waals surface area contributed by atoms with Gasteiger partial charge in [0.1, 0.15) is 11.6 Å². The molecule has 0 bridgehead atoms. The SMILES string of the molecule is CC(NC(=O)Cc1c(F)cccc1F)C(N)=S. The van der Waals surface area contributed by atoms with Crippen LogP contribution in [0.15, 0.2) is 18.2 Å². The van der Waals surface area contributed by atoms with E-state index in [-0.39, 0.29) is 17.0 Å². The Morgan fingerprint density at radius 2 is 2.00 bits per heavy atom. The average Bonchev–Trinajstić information content (AvgIpc) is 2.23. The summed E-state index contributed by atoms with van der Waals surface area (Å²) in [6, 6.07) is 2.93. The number of nitrogens with one attached hydrogen (secondary N) is 1. The van der Waals surface area contributed by atoms with Crippen LogP contribution in [0.4, 0.5) is 8.78 Å². The molecule has 1 aromatic rings. The number of hydrogen-bond donors (Lipinski definition) is 2. The number of thiocarbonyl (C=S) groups is 1. The molecule has 3 N–H and O–H groups in total. The van der Waals surface area contributed by atoms with Crippen LogP contribution in [0.25, 0.3) is 0 Å². The lowest BCUT2D eigenvalue weighted by molar-refractivity contribution is -0.120. The van der Waals surface area contributed by atoms with Crippen molar-refractivity contribution in [1.82, 2.24) is 5.32 Å². The summed E-state index contributed by atoms with van der Waals surface area (Å²) in [6.07, 6.45) is -0.383. The van der Waals surface area contributed by atoms with Crippen molar-refractivity contribution >= 4 is 23.1 Å². The highest BCUT2D eigenvalue weighted by molar-refractivity contribution is 7.80. The van der Waals surface area contributed by atoms with Crippen LogP contribution in [-0.4, -0.2) is 16.9 Å². The van der Waals surface area contributed by atoms with Crippen LogP contribution in [-0.2, 0) is 11.2 Å². The summed E-state index contributed by atoms with van der Waals surface area (Å²) in [5, 5.41) is 2.44. The first kappa shape index (κ1) is 13.5. The van der Waals surface area contributed by atoms with Crippen molar-refractivity contribution in [1.29, 1.82) is 0 Å². The predicted octanol–water partition coefficient (Wildman–Crippen LogP) is 1.30. The zero-order valence-corrected chi connectivity index (χ0v) is 9.98. The van der Waals surface area contributed by atoms with Crippen LogP contribution < -0.4 is 11.1 Å². The maximum Gasteiger partial charge on any atom is 0.225 e. The summed E-state index contributed by atoms with van der Waals surface area (Å²) in [4.78, 5) is 11.6. The fourth-order valence-electron chi connectivity index (χ4n) is 1.23. The van der Waals surface area contributed by atoms with Crippen molar-refractivity contribution < 1.29 is 13.6 Å². The predicted molar refractivity (Wildman–Crippen MR) is 64.5 cm³/mol. The van der Waals surface area contributed by atoms with Gasteiger partial charge < -0.3 is 11.1 Å². The summed E-state index contributed by atoms with van der Waals surface area (Å²) in [6.45, 7) is 1.60. The second-order valence-corrected chi connectivity index (χ2v) is 4.04. The minimum Gasteiger partial charge on any atom is -0.392 e. The number of rotatable bonds is 4. The summed E-state index contributed by atoms with van der Waals surface area (Å²) in [7, 11) is 0. The van der Waals surface area contributed by atoms with Crippen molar-refractivity contribution in [3.05, 3.63) is 35.4 Å². The van der Waals surface area contributed by atoms with Crippen molar-refractivity contribution in [2.75, 3.05) is 0 Å². The summed E-state index contributed by atoms with van der Waals surface area (Å²) in [5.41, 5.74) is 5.04. The molecule has 92 valence electrons. The Bertz CT molecular complexity index is 431. The van der Waals surface area contributed by atoms with E-state index in [2.05, 4.69) is 17.5 Å². The highest BCUT2D eigenvalue weighted by atomic mass is 32.1. The van der Waals surface area contributed by atoms with E-state index in [0.717, 1.165) is 12.1 Å². The highest BCUT2D eigenvalue weighted by Crippen LogP contribution is 2.12. The van der Waals surface area contributed by atoms with Crippen molar-refractivity contribution in [3.63, 3.8) is 0 Å². The minimum absolute atomic E-state index is 0.118. The van der Waals surface area contributed by atoms with Gasteiger partial charge in [0.2, 0.25) is 5.91 Å². The Morgan fingerprint density at radius 3 is 2.47 bits per heavy atom. The molecule has 1 atom stereocenters. The number of benzene rings is 1. The van der Waals surface area contributed by atoms with Crippen LogP contribution in [0.3, 0.4) is 0 Å². The number of carbonyl (C=O) groups excluding carboxylic acids is 1. The average molecular weight is 258 g/mol. The number of halogens is 2. The summed E-state index contributed by atoms with van der Waals surface area (Å²) >= 11 is 4.67. The molecule has 0 aliphatic heterocycles. The normalized spacial score (nSPS) is 11.9. The Morgan fingerprint density at radius 1 is 1.47 bits per heavy atom. The van der Waals surface area contributed by atoms with Gasteiger partial charge in [-0.05, 0) is 19.1 Å². The molecule has 0 aliphatic rings. The van der Waals surface area contributed by atoms with Crippen LogP contribution in [0.2, 0.25) is 0 Å². The lowest BCUT2D eigenvalue weighted by Gasteiger charge is -2.12. The topological polar surface area (TPSA) is 55.1 Å². The molecule has 0 saturated carbocycles. The van der Waals surface area contributed by atoms with Crippen LogP contribution in [0.1, 0.15) is 12.5 Å². The van der Waals surface area contributed by atoms with E-state index < -0.39 is 23.6 Å². The van der Waals surface area contributed by atoms with E-state index in [9.17, 15) is 13.6 Å². The molecule has 0 radical (unpaired) electrons. The number of hydrogen-bond acceptors (Lipinski definition) is 2. The zero-order chi connectivity index (χ0) is 13.0. The third-order valence-electron chi connectivity index (χ3n) is 2.20. The standard InChI is InChI=1S/C11H12F2N2OS/c1-6(11(14)17)15-10(16)5-7-8(12)3-2-4-9(7)13/h2-4,6H,5H2,1H3,(H2,14,17)(H,15,16). The first-order valence-corrected chi connectivity index (χ1v) is 5.34.